The number of ether oxygens (including phenoxy) is 1. The second-order valence-electron chi connectivity index (χ2n) is 7.64. The van der Waals surface area contributed by atoms with Crippen molar-refractivity contribution in [1.82, 2.24) is 5.32 Å². The molecule has 0 aromatic heterocycles. The third-order valence-electron chi connectivity index (χ3n) is 6.19. The number of aryl methyl sites for hydroxylation is 1. The minimum absolute atomic E-state index is 0.110. The van der Waals surface area contributed by atoms with Crippen LogP contribution in [0.2, 0.25) is 0 Å². The molecule has 2 aliphatic carbocycles. The summed E-state index contributed by atoms with van der Waals surface area (Å²) >= 11 is 0. The average Bonchev–Trinajstić information content (AvgIpc) is 3.20. The lowest BCUT2D eigenvalue weighted by atomic mass is 9.77. The Kier molecular flexibility index (Phi) is 4.71. The van der Waals surface area contributed by atoms with Crippen LogP contribution in [0.15, 0.2) is 48.5 Å². The van der Waals surface area contributed by atoms with Gasteiger partial charge in [-0.05, 0) is 60.9 Å². The number of carbonyl (C=O) groups excluding carboxylic acids is 1. The molecule has 26 heavy (non-hydrogen) atoms. The molecule has 3 nitrogen and oxygen atoms in total. The molecule has 1 amide bonds. The van der Waals surface area contributed by atoms with Gasteiger partial charge in [-0.25, -0.2) is 0 Å². The highest BCUT2D eigenvalue weighted by molar-refractivity contribution is 5.89. The Balaban J connectivity index is 1.60. The number of amides is 1. The second-order valence-corrected chi connectivity index (χ2v) is 7.64. The van der Waals surface area contributed by atoms with E-state index in [4.69, 9.17) is 4.74 Å². The van der Waals surface area contributed by atoms with Crippen molar-refractivity contribution in [3.8, 4) is 5.75 Å². The number of benzene rings is 2. The van der Waals surface area contributed by atoms with Gasteiger partial charge in [0.15, 0.2) is 0 Å². The summed E-state index contributed by atoms with van der Waals surface area (Å²) < 4.78 is 5.36. The highest BCUT2D eigenvalue weighted by atomic mass is 16.5. The van der Waals surface area contributed by atoms with E-state index < -0.39 is 0 Å². The number of methoxy groups -OCH3 is 1. The molecule has 0 bridgehead atoms. The van der Waals surface area contributed by atoms with E-state index in [1.54, 1.807) is 7.11 Å². The summed E-state index contributed by atoms with van der Waals surface area (Å²) in [4.78, 5) is 13.4. The standard InChI is InChI=1S/C23H27NO2/c1-26-19-12-13-20-17(16-19)8-7-11-21(20)24-22(25)23(14-5-6-15-23)18-9-3-2-4-10-18/h2-4,9-10,12-13,16,21H,5-8,11,14-15H2,1H3,(H,24,25). The van der Waals surface area contributed by atoms with Gasteiger partial charge in [0.1, 0.15) is 5.75 Å². The Morgan fingerprint density at radius 1 is 1.08 bits per heavy atom. The average molecular weight is 349 g/mol. The van der Waals surface area contributed by atoms with E-state index in [1.807, 2.05) is 24.3 Å². The van der Waals surface area contributed by atoms with E-state index in [9.17, 15) is 4.79 Å². The van der Waals surface area contributed by atoms with Crippen LogP contribution in [0.5, 0.6) is 5.75 Å². The summed E-state index contributed by atoms with van der Waals surface area (Å²) in [6.07, 6.45) is 7.32. The fraction of sp³-hybridized carbons (Fsp3) is 0.435. The molecule has 0 radical (unpaired) electrons. The predicted molar refractivity (Wildman–Crippen MR) is 103 cm³/mol. The highest BCUT2D eigenvalue weighted by Crippen LogP contribution is 2.42. The predicted octanol–water partition coefficient (Wildman–Crippen LogP) is 4.70. The van der Waals surface area contributed by atoms with Crippen LogP contribution in [0.3, 0.4) is 0 Å². The Hall–Kier alpha value is -2.29. The van der Waals surface area contributed by atoms with Gasteiger partial charge in [-0.2, -0.15) is 0 Å². The van der Waals surface area contributed by atoms with E-state index in [-0.39, 0.29) is 17.4 Å². The maximum absolute atomic E-state index is 13.4. The van der Waals surface area contributed by atoms with Crippen molar-refractivity contribution in [2.75, 3.05) is 7.11 Å². The minimum atomic E-state index is -0.356. The molecule has 1 saturated carbocycles. The molecule has 2 aromatic carbocycles. The number of hydrogen-bond donors (Lipinski definition) is 1. The Morgan fingerprint density at radius 3 is 2.58 bits per heavy atom. The van der Waals surface area contributed by atoms with Crippen LogP contribution in [0.25, 0.3) is 0 Å². The van der Waals surface area contributed by atoms with Crippen molar-refractivity contribution in [2.24, 2.45) is 0 Å². The first-order valence-corrected chi connectivity index (χ1v) is 9.76. The molecule has 0 spiro atoms. The summed E-state index contributed by atoms with van der Waals surface area (Å²) in [5.41, 5.74) is 3.37. The van der Waals surface area contributed by atoms with Crippen molar-refractivity contribution >= 4 is 5.91 Å². The van der Waals surface area contributed by atoms with Gasteiger partial charge in [0.05, 0.1) is 18.6 Å². The molecule has 0 heterocycles. The first kappa shape index (κ1) is 17.1. The molecular formula is C23H27NO2. The van der Waals surface area contributed by atoms with Crippen LogP contribution in [-0.2, 0) is 16.6 Å². The number of hydrogen-bond acceptors (Lipinski definition) is 2. The van der Waals surface area contributed by atoms with Crippen LogP contribution < -0.4 is 10.1 Å². The van der Waals surface area contributed by atoms with Gasteiger partial charge in [0, 0.05) is 0 Å². The molecule has 0 aliphatic heterocycles. The van der Waals surface area contributed by atoms with Gasteiger partial charge < -0.3 is 10.1 Å². The molecule has 1 fully saturated rings. The van der Waals surface area contributed by atoms with Gasteiger partial charge in [-0.3, -0.25) is 4.79 Å². The summed E-state index contributed by atoms with van der Waals surface area (Å²) in [7, 11) is 1.70. The lowest BCUT2D eigenvalue weighted by molar-refractivity contribution is -0.127. The SMILES string of the molecule is COc1ccc2c(c1)CCCC2NC(=O)C1(c2ccccc2)CCCC1. The Labute approximate surface area is 155 Å². The van der Waals surface area contributed by atoms with Gasteiger partial charge in [-0.15, -0.1) is 0 Å². The zero-order valence-corrected chi connectivity index (χ0v) is 15.5. The fourth-order valence-electron chi connectivity index (χ4n) is 4.75. The zero-order chi connectivity index (χ0) is 18.0. The Morgan fingerprint density at radius 2 is 1.85 bits per heavy atom. The normalized spacial score (nSPS) is 21.0. The van der Waals surface area contributed by atoms with Crippen molar-refractivity contribution < 1.29 is 9.53 Å². The van der Waals surface area contributed by atoms with E-state index in [2.05, 4.69) is 29.6 Å². The minimum Gasteiger partial charge on any atom is -0.497 e. The molecular weight excluding hydrogens is 322 g/mol. The van der Waals surface area contributed by atoms with Crippen molar-refractivity contribution in [3.63, 3.8) is 0 Å². The molecule has 3 heteroatoms. The molecule has 1 unspecified atom stereocenters. The van der Waals surface area contributed by atoms with Gasteiger partial charge in [0.2, 0.25) is 5.91 Å². The molecule has 1 N–H and O–H groups in total. The van der Waals surface area contributed by atoms with Crippen LogP contribution in [-0.4, -0.2) is 13.0 Å². The van der Waals surface area contributed by atoms with Gasteiger partial charge >= 0.3 is 0 Å². The maximum Gasteiger partial charge on any atom is 0.231 e. The molecule has 136 valence electrons. The van der Waals surface area contributed by atoms with E-state index in [1.165, 1.54) is 16.7 Å². The highest BCUT2D eigenvalue weighted by Gasteiger charge is 2.43. The molecule has 4 rings (SSSR count). The summed E-state index contributed by atoms with van der Waals surface area (Å²) in [6.45, 7) is 0. The number of rotatable bonds is 4. The summed E-state index contributed by atoms with van der Waals surface area (Å²) in [5, 5.41) is 3.41. The van der Waals surface area contributed by atoms with Crippen molar-refractivity contribution in [2.45, 2.75) is 56.4 Å². The molecule has 2 aliphatic rings. The van der Waals surface area contributed by atoms with Crippen LogP contribution in [0.4, 0.5) is 0 Å². The van der Waals surface area contributed by atoms with Gasteiger partial charge in [-0.1, -0.05) is 49.2 Å². The smallest absolute Gasteiger partial charge is 0.231 e. The quantitative estimate of drug-likeness (QED) is 0.869. The molecule has 0 saturated heterocycles. The molecule has 1 atom stereocenters. The fourth-order valence-corrected chi connectivity index (χ4v) is 4.75. The van der Waals surface area contributed by atoms with Crippen LogP contribution in [0, 0.1) is 0 Å². The van der Waals surface area contributed by atoms with E-state index >= 15 is 0 Å². The zero-order valence-electron chi connectivity index (χ0n) is 15.5. The number of nitrogens with one attached hydrogen (secondary N) is 1. The van der Waals surface area contributed by atoms with Gasteiger partial charge in [0.25, 0.3) is 0 Å². The first-order valence-electron chi connectivity index (χ1n) is 9.76. The second kappa shape index (κ2) is 7.14. The molecule has 2 aromatic rings. The van der Waals surface area contributed by atoms with Crippen molar-refractivity contribution in [1.29, 1.82) is 0 Å². The monoisotopic (exact) mass is 349 g/mol. The third kappa shape index (κ3) is 3.00. The first-order chi connectivity index (χ1) is 12.7. The number of fused-ring (bicyclic) bond motifs is 1. The van der Waals surface area contributed by atoms with Crippen molar-refractivity contribution in [3.05, 3.63) is 65.2 Å². The van der Waals surface area contributed by atoms with E-state index in [0.29, 0.717) is 0 Å². The summed E-state index contributed by atoms with van der Waals surface area (Å²) in [6, 6.07) is 16.7. The third-order valence-corrected chi connectivity index (χ3v) is 6.19. The largest absolute Gasteiger partial charge is 0.497 e. The summed E-state index contributed by atoms with van der Waals surface area (Å²) in [5.74, 6) is 1.10. The lowest BCUT2D eigenvalue weighted by Crippen LogP contribution is -2.44. The maximum atomic E-state index is 13.4. The van der Waals surface area contributed by atoms with Crippen LogP contribution >= 0.6 is 0 Å². The topological polar surface area (TPSA) is 38.3 Å². The number of carbonyl (C=O) groups is 1. The Bertz CT molecular complexity index is 778. The lowest BCUT2D eigenvalue weighted by Gasteiger charge is -2.33. The van der Waals surface area contributed by atoms with Crippen LogP contribution in [0.1, 0.15) is 61.3 Å². The van der Waals surface area contributed by atoms with E-state index in [0.717, 1.165) is 50.7 Å².